The SMILES string of the molecule is Cc1nc(-c2cn3c(n2)-c2ccc(C(=O)/C=C/N(C)C)cc2OCC3)n(C(C)C)n1. The van der Waals surface area contributed by atoms with Crippen LogP contribution in [0.15, 0.2) is 36.7 Å². The van der Waals surface area contributed by atoms with Crippen molar-refractivity contribution >= 4 is 5.78 Å². The van der Waals surface area contributed by atoms with Crippen molar-refractivity contribution < 1.29 is 9.53 Å². The highest BCUT2D eigenvalue weighted by Gasteiger charge is 2.23. The van der Waals surface area contributed by atoms with Gasteiger partial charge < -0.3 is 14.2 Å². The number of ether oxygens (including phenoxy) is 1. The van der Waals surface area contributed by atoms with Crippen LogP contribution >= 0.6 is 0 Å². The van der Waals surface area contributed by atoms with E-state index in [4.69, 9.17) is 9.72 Å². The molecule has 1 aromatic carbocycles. The Kier molecular flexibility index (Phi) is 5.15. The molecule has 4 rings (SSSR count). The van der Waals surface area contributed by atoms with E-state index in [1.807, 2.05) is 48.9 Å². The summed E-state index contributed by atoms with van der Waals surface area (Å²) in [5, 5.41) is 4.50. The molecule has 0 aliphatic carbocycles. The van der Waals surface area contributed by atoms with E-state index in [0.29, 0.717) is 24.5 Å². The number of aryl methyl sites for hydroxylation is 1. The van der Waals surface area contributed by atoms with Crippen molar-refractivity contribution in [3.8, 4) is 28.7 Å². The van der Waals surface area contributed by atoms with Crippen molar-refractivity contribution in [2.75, 3.05) is 20.7 Å². The highest BCUT2D eigenvalue weighted by molar-refractivity contribution is 6.05. The Morgan fingerprint density at radius 3 is 2.77 bits per heavy atom. The molecule has 30 heavy (non-hydrogen) atoms. The summed E-state index contributed by atoms with van der Waals surface area (Å²) in [5.74, 6) is 2.88. The van der Waals surface area contributed by atoms with Gasteiger partial charge in [0.05, 0.1) is 12.1 Å². The van der Waals surface area contributed by atoms with E-state index in [0.717, 1.165) is 28.7 Å². The highest BCUT2D eigenvalue weighted by Crippen LogP contribution is 2.34. The molecule has 1 aliphatic rings. The molecule has 0 saturated heterocycles. The molecule has 0 fully saturated rings. The maximum atomic E-state index is 12.5. The van der Waals surface area contributed by atoms with Gasteiger partial charge in [0.1, 0.15) is 29.7 Å². The number of fused-ring (bicyclic) bond motifs is 3. The maximum absolute atomic E-state index is 12.5. The average molecular weight is 406 g/mol. The maximum Gasteiger partial charge on any atom is 0.187 e. The van der Waals surface area contributed by atoms with Crippen molar-refractivity contribution in [1.82, 2.24) is 29.2 Å². The van der Waals surface area contributed by atoms with Gasteiger partial charge in [0.25, 0.3) is 0 Å². The smallest absolute Gasteiger partial charge is 0.187 e. The minimum absolute atomic E-state index is 0.0658. The molecular formula is C22H26N6O2. The van der Waals surface area contributed by atoms with Gasteiger partial charge in [0, 0.05) is 44.2 Å². The fraction of sp³-hybridized carbons (Fsp3) is 0.364. The number of imidazole rings is 1. The number of hydrogen-bond donors (Lipinski definition) is 0. The van der Waals surface area contributed by atoms with Gasteiger partial charge in [0.2, 0.25) is 0 Å². The van der Waals surface area contributed by atoms with Gasteiger partial charge in [-0.3, -0.25) is 4.79 Å². The molecule has 156 valence electrons. The molecule has 0 atom stereocenters. The lowest BCUT2D eigenvalue weighted by Crippen LogP contribution is -2.06. The Balaban J connectivity index is 1.74. The first-order chi connectivity index (χ1) is 14.3. The molecule has 0 N–H and O–H groups in total. The van der Waals surface area contributed by atoms with E-state index in [1.165, 1.54) is 0 Å². The average Bonchev–Trinajstić information content (AvgIpc) is 3.25. The molecule has 0 radical (unpaired) electrons. The van der Waals surface area contributed by atoms with Gasteiger partial charge in [-0.25, -0.2) is 14.6 Å². The molecule has 0 bridgehead atoms. The molecule has 1 aliphatic heterocycles. The van der Waals surface area contributed by atoms with Crippen LogP contribution in [0.4, 0.5) is 0 Å². The summed E-state index contributed by atoms with van der Waals surface area (Å²) in [7, 11) is 3.76. The fourth-order valence-electron chi connectivity index (χ4n) is 3.42. The number of hydrogen-bond acceptors (Lipinski definition) is 6. The van der Waals surface area contributed by atoms with Crippen LogP contribution in [0.3, 0.4) is 0 Å². The summed E-state index contributed by atoms with van der Waals surface area (Å²) in [4.78, 5) is 23.7. The van der Waals surface area contributed by atoms with Gasteiger partial charge in [0.15, 0.2) is 11.6 Å². The lowest BCUT2D eigenvalue weighted by molar-refractivity contribution is 0.104. The molecule has 0 unspecified atom stereocenters. The third-order valence-electron chi connectivity index (χ3n) is 4.85. The molecule has 8 heteroatoms. The van der Waals surface area contributed by atoms with E-state index in [2.05, 4.69) is 28.5 Å². The molecule has 2 aromatic heterocycles. The van der Waals surface area contributed by atoms with E-state index in [1.54, 1.807) is 18.3 Å². The second-order valence-corrected chi connectivity index (χ2v) is 7.87. The van der Waals surface area contributed by atoms with Crippen LogP contribution < -0.4 is 4.74 Å². The van der Waals surface area contributed by atoms with Crippen molar-refractivity contribution in [2.24, 2.45) is 0 Å². The Morgan fingerprint density at radius 1 is 1.23 bits per heavy atom. The number of carbonyl (C=O) groups is 1. The predicted octanol–water partition coefficient (Wildman–Crippen LogP) is 3.35. The Bertz CT molecular complexity index is 1120. The predicted molar refractivity (Wildman–Crippen MR) is 114 cm³/mol. The number of aromatic nitrogens is 5. The topological polar surface area (TPSA) is 78.1 Å². The first-order valence-electron chi connectivity index (χ1n) is 10.0. The van der Waals surface area contributed by atoms with Crippen LogP contribution in [0.2, 0.25) is 0 Å². The standard InChI is InChI=1S/C22H26N6O2/c1-14(2)28-22(23-15(3)25-28)18-13-27-10-11-30-20-12-16(19(29)8-9-26(4)5)6-7-17(20)21(27)24-18/h6-9,12-14H,10-11H2,1-5H3/b9-8+. The van der Waals surface area contributed by atoms with Gasteiger partial charge in [-0.15, -0.1) is 0 Å². The van der Waals surface area contributed by atoms with Crippen LogP contribution in [0.25, 0.3) is 22.9 Å². The third kappa shape index (κ3) is 3.72. The van der Waals surface area contributed by atoms with Crippen LogP contribution in [0.1, 0.15) is 36.1 Å². The number of nitrogens with zero attached hydrogens (tertiary/aromatic N) is 6. The number of carbonyl (C=O) groups excluding carboxylic acids is 1. The molecule has 3 aromatic rings. The first-order valence-corrected chi connectivity index (χ1v) is 10.0. The third-order valence-corrected chi connectivity index (χ3v) is 4.85. The van der Waals surface area contributed by atoms with Crippen molar-refractivity contribution in [3.63, 3.8) is 0 Å². The van der Waals surface area contributed by atoms with E-state index in [9.17, 15) is 4.79 Å². The van der Waals surface area contributed by atoms with Crippen LogP contribution in [-0.4, -0.2) is 55.7 Å². The fourth-order valence-corrected chi connectivity index (χ4v) is 3.42. The number of ketones is 1. The second-order valence-electron chi connectivity index (χ2n) is 7.87. The quantitative estimate of drug-likeness (QED) is 0.478. The van der Waals surface area contributed by atoms with Crippen molar-refractivity contribution in [3.05, 3.63) is 48.1 Å². The van der Waals surface area contributed by atoms with Crippen molar-refractivity contribution in [2.45, 2.75) is 33.4 Å². The lowest BCUT2D eigenvalue weighted by atomic mass is 10.1. The number of benzene rings is 1. The summed E-state index contributed by atoms with van der Waals surface area (Å²) in [6, 6.07) is 5.69. The minimum Gasteiger partial charge on any atom is -0.491 e. The first kappa shape index (κ1) is 19.9. The molecule has 8 nitrogen and oxygen atoms in total. The van der Waals surface area contributed by atoms with Crippen LogP contribution in [0, 0.1) is 6.92 Å². The van der Waals surface area contributed by atoms with E-state index < -0.39 is 0 Å². The zero-order valence-corrected chi connectivity index (χ0v) is 18.0. The minimum atomic E-state index is -0.0658. The monoisotopic (exact) mass is 406 g/mol. The van der Waals surface area contributed by atoms with E-state index in [-0.39, 0.29) is 11.8 Å². The van der Waals surface area contributed by atoms with Crippen LogP contribution in [0.5, 0.6) is 5.75 Å². The molecule has 0 spiro atoms. The lowest BCUT2D eigenvalue weighted by Gasteiger charge is -2.09. The summed E-state index contributed by atoms with van der Waals surface area (Å²) in [6.45, 7) is 7.19. The largest absolute Gasteiger partial charge is 0.491 e. The van der Waals surface area contributed by atoms with Gasteiger partial charge in [-0.1, -0.05) is 6.07 Å². The van der Waals surface area contributed by atoms with Crippen molar-refractivity contribution in [1.29, 1.82) is 0 Å². The second kappa shape index (κ2) is 7.78. The summed E-state index contributed by atoms with van der Waals surface area (Å²) >= 11 is 0. The number of allylic oxidation sites excluding steroid dienone is 1. The number of rotatable bonds is 5. The normalized spacial score (nSPS) is 13.1. The van der Waals surface area contributed by atoms with Gasteiger partial charge >= 0.3 is 0 Å². The van der Waals surface area contributed by atoms with Crippen LogP contribution in [-0.2, 0) is 6.54 Å². The van der Waals surface area contributed by atoms with E-state index >= 15 is 0 Å². The van der Waals surface area contributed by atoms with Gasteiger partial charge in [-0.05, 0) is 32.9 Å². The van der Waals surface area contributed by atoms with Gasteiger partial charge in [-0.2, -0.15) is 5.10 Å². The molecule has 0 saturated carbocycles. The Labute approximate surface area is 175 Å². The summed E-state index contributed by atoms with van der Waals surface area (Å²) < 4.78 is 9.91. The molecular weight excluding hydrogens is 380 g/mol. The summed E-state index contributed by atoms with van der Waals surface area (Å²) in [6.07, 6.45) is 5.29. The molecule has 0 amide bonds. The molecule has 3 heterocycles. The zero-order chi connectivity index (χ0) is 21.4. The highest BCUT2D eigenvalue weighted by atomic mass is 16.5. The Morgan fingerprint density at radius 2 is 2.03 bits per heavy atom. The summed E-state index contributed by atoms with van der Waals surface area (Å²) in [5.41, 5.74) is 2.22. The Hall–Kier alpha value is -3.42. The zero-order valence-electron chi connectivity index (χ0n) is 18.0.